The van der Waals surface area contributed by atoms with Crippen molar-refractivity contribution in [3.8, 4) is 0 Å². The molecule has 0 bridgehead atoms. The van der Waals surface area contributed by atoms with E-state index in [0.717, 1.165) is 0 Å². The van der Waals surface area contributed by atoms with Gasteiger partial charge in [-0.3, -0.25) is 19.7 Å². The van der Waals surface area contributed by atoms with Crippen LogP contribution >= 0.6 is 11.3 Å². The summed E-state index contributed by atoms with van der Waals surface area (Å²) in [7, 11) is 0. The lowest BCUT2D eigenvalue weighted by atomic mass is 10.1. The fourth-order valence-electron chi connectivity index (χ4n) is 2.63. The standard InChI is InChI=1S/C21H18N4O4S/c1-13-8-9-16(12-18(13)25(28)29)20(26)24-23-14(2)15-5-3-6-17(11-15)22-21(27)19-7-4-10-30-19/h3-12H,1-2H3,(H,22,27)(H,24,26). The molecule has 9 heteroatoms. The predicted molar refractivity (Wildman–Crippen MR) is 116 cm³/mol. The van der Waals surface area contributed by atoms with Crippen LogP contribution in [0.1, 0.15) is 38.1 Å². The maximum Gasteiger partial charge on any atom is 0.273 e. The minimum absolute atomic E-state index is 0.127. The topological polar surface area (TPSA) is 114 Å². The number of carbonyl (C=O) groups excluding carboxylic acids is 2. The molecular weight excluding hydrogens is 404 g/mol. The van der Waals surface area contributed by atoms with Crippen molar-refractivity contribution < 1.29 is 14.5 Å². The summed E-state index contributed by atoms with van der Waals surface area (Å²) >= 11 is 1.35. The van der Waals surface area contributed by atoms with Gasteiger partial charge < -0.3 is 5.32 Å². The molecule has 3 rings (SSSR count). The Morgan fingerprint density at radius 1 is 1.03 bits per heavy atom. The number of nitrogens with zero attached hydrogens (tertiary/aromatic N) is 2. The summed E-state index contributed by atoms with van der Waals surface area (Å²) in [5, 5.41) is 19.8. The van der Waals surface area contributed by atoms with Gasteiger partial charge in [0.25, 0.3) is 17.5 Å². The van der Waals surface area contributed by atoms with Crippen molar-refractivity contribution in [2.75, 3.05) is 5.32 Å². The Hall–Kier alpha value is -3.85. The number of nitro benzene ring substituents is 1. The summed E-state index contributed by atoms with van der Waals surface area (Å²) in [6.45, 7) is 3.31. The van der Waals surface area contributed by atoms with Gasteiger partial charge in [0.05, 0.1) is 15.5 Å². The molecule has 1 heterocycles. The molecule has 0 saturated carbocycles. The van der Waals surface area contributed by atoms with Gasteiger partial charge in [-0.15, -0.1) is 11.3 Å². The molecular formula is C21H18N4O4S. The van der Waals surface area contributed by atoms with E-state index in [1.54, 1.807) is 50.2 Å². The van der Waals surface area contributed by atoms with Gasteiger partial charge >= 0.3 is 0 Å². The summed E-state index contributed by atoms with van der Waals surface area (Å²) in [6.07, 6.45) is 0. The number of hydrogen-bond acceptors (Lipinski definition) is 6. The second-order valence-corrected chi connectivity index (χ2v) is 7.36. The number of thiophene rings is 1. The number of nitro groups is 1. The third kappa shape index (κ3) is 4.95. The van der Waals surface area contributed by atoms with E-state index >= 15 is 0 Å². The molecule has 0 radical (unpaired) electrons. The molecule has 0 atom stereocenters. The van der Waals surface area contributed by atoms with Crippen molar-refractivity contribution in [1.29, 1.82) is 0 Å². The van der Waals surface area contributed by atoms with Gasteiger partial charge in [0.15, 0.2) is 0 Å². The second kappa shape index (κ2) is 9.10. The number of anilines is 1. The van der Waals surface area contributed by atoms with Crippen molar-refractivity contribution in [2.24, 2.45) is 5.10 Å². The first-order chi connectivity index (χ1) is 14.3. The average molecular weight is 422 g/mol. The highest BCUT2D eigenvalue weighted by Gasteiger charge is 2.15. The number of nitrogens with one attached hydrogen (secondary N) is 2. The lowest BCUT2D eigenvalue weighted by Gasteiger charge is -2.07. The third-order valence-corrected chi connectivity index (χ3v) is 5.14. The Bertz CT molecular complexity index is 1140. The fraction of sp³-hybridized carbons (Fsp3) is 0.0952. The van der Waals surface area contributed by atoms with Gasteiger partial charge in [-0.2, -0.15) is 5.10 Å². The second-order valence-electron chi connectivity index (χ2n) is 6.41. The van der Waals surface area contributed by atoms with E-state index in [2.05, 4.69) is 15.8 Å². The van der Waals surface area contributed by atoms with E-state index in [-0.39, 0.29) is 17.2 Å². The van der Waals surface area contributed by atoms with Crippen LogP contribution in [-0.4, -0.2) is 22.4 Å². The first-order valence-electron chi connectivity index (χ1n) is 8.90. The van der Waals surface area contributed by atoms with E-state index in [1.807, 2.05) is 5.38 Å². The van der Waals surface area contributed by atoms with E-state index in [9.17, 15) is 19.7 Å². The molecule has 0 unspecified atom stereocenters. The lowest BCUT2D eigenvalue weighted by Crippen LogP contribution is -2.19. The summed E-state index contributed by atoms with van der Waals surface area (Å²) in [5.41, 5.74) is 4.70. The molecule has 0 fully saturated rings. The number of carbonyl (C=O) groups is 2. The Morgan fingerprint density at radius 3 is 2.53 bits per heavy atom. The summed E-state index contributed by atoms with van der Waals surface area (Å²) < 4.78 is 0. The van der Waals surface area contributed by atoms with Crippen molar-refractivity contribution >= 4 is 40.2 Å². The Labute approximate surface area is 176 Å². The third-order valence-electron chi connectivity index (χ3n) is 4.28. The number of amides is 2. The van der Waals surface area contributed by atoms with Gasteiger partial charge in [0, 0.05) is 22.9 Å². The van der Waals surface area contributed by atoms with Crippen LogP contribution in [0.15, 0.2) is 65.1 Å². The van der Waals surface area contributed by atoms with Gasteiger partial charge in [0.1, 0.15) is 0 Å². The number of aryl methyl sites for hydroxylation is 1. The minimum atomic E-state index is -0.556. The molecule has 0 saturated heterocycles. The van der Waals surface area contributed by atoms with Crippen LogP contribution in [0.2, 0.25) is 0 Å². The van der Waals surface area contributed by atoms with Gasteiger partial charge in [-0.1, -0.05) is 24.3 Å². The highest BCUT2D eigenvalue weighted by molar-refractivity contribution is 7.12. The molecule has 3 aromatic rings. The predicted octanol–water partition coefficient (Wildman–Crippen LogP) is 4.37. The molecule has 0 aliphatic heterocycles. The van der Waals surface area contributed by atoms with Gasteiger partial charge in [-0.25, -0.2) is 5.43 Å². The smallest absolute Gasteiger partial charge is 0.273 e. The first-order valence-corrected chi connectivity index (χ1v) is 9.78. The zero-order chi connectivity index (χ0) is 21.7. The molecule has 2 amide bonds. The van der Waals surface area contributed by atoms with Gasteiger partial charge in [0.2, 0.25) is 0 Å². The SMILES string of the molecule is CC(=NNC(=O)c1ccc(C)c([N+](=O)[O-])c1)c1cccc(NC(=O)c2cccs2)c1. The maximum absolute atomic E-state index is 12.3. The number of benzene rings is 2. The van der Waals surface area contributed by atoms with Crippen LogP contribution in [0.25, 0.3) is 0 Å². The normalized spacial score (nSPS) is 11.1. The molecule has 2 aromatic carbocycles. The van der Waals surface area contributed by atoms with Crippen LogP contribution in [0, 0.1) is 17.0 Å². The molecule has 2 N–H and O–H groups in total. The Morgan fingerprint density at radius 2 is 1.83 bits per heavy atom. The van der Waals surface area contributed by atoms with Crippen molar-refractivity contribution in [3.05, 3.63) is 91.7 Å². The van der Waals surface area contributed by atoms with Crippen LogP contribution in [0.4, 0.5) is 11.4 Å². The van der Waals surface area contributed by atoms with Crippen molar-refractivity contribution in [1.82, 2.24) is 5.43 Å². The Balaban J connectivity index is 1.71. The summed E-state index contributed by atoms with van der Waals surface area (Å²) in [4.78, 5) is 35.6. The molecule has 0 spiro atoms. The van der Waals surface area contributed by atoms with Crippen LogP contribution in [0.5, 0.6) is 0 Å². The van der Waals surface area contributed by atoms with Crippen LogP contribution < -0.4 is 10.7 Å². The molecule has 30 heavy (non-hydrogen) atoms. The maximum atomic E-state index is 12.3. The number of hydrogen-bond donors (Lipinski definition) is 2. The molecule has 0 aliphatic rings. The van der Waals surface area contributed by atoms with Crippen molar-refractivity contribution in [2.45, 2.75) is 13.8 Å². The zero-order valence-electron chi connectivity index (χ0n) is 16.2. The van der Waals surface area contributed by atoms with E-state index < -0.39 is 10.8 Å². The largest absolute Gasteiger partial charge is 0.321 e. The minimum Gasteiger partial charge on any atom is -0.321 e. The van der Waals surface area contributed by atoms with E-state index in [0.29, 0.717) is 27.4 Å². The highest BCUT2D eigenvalue weighted by atomic mass is 32.1. The summed E-state index contributed by atoms with van der Waals surface area (Å²) in [6, 6.07) is 14.8. The highest BCUT2D eigenvalue weighted by Crippen LogP contribution is 2.19. The molecule has 1 aromatic heterocycles. The number of hydrazone groups is 1. The van der Waals surface area contributed by atoms with E-state index in [4.69, 9.17) is 0 Å². The lowest BCUT2D eigenvalue weighted by molar-refractivity contribution is -0.385. The first kappa shape index (κ1) is 20.9. The Kier molecular flexibility index (Phi) is 6.33. The fourth-order valence-corrected chi connectivity index (χ4v) is 3.25. The number of rotatable bonds is 6. The summed E-state index contributed by atoms with van der Waals surface area (Å²) in [5.74, 6) is -0.759. The average Bonchev–Trinajstić information content (AvgIpc) is 3.27. The van der Waals surface area contributed by atoms with E-state index in [1.165, 1.54) is 29.5 Å². The zero-order valence-corrected chi connectivity index (χ0v) is 17.0. The van der Waals surface area contributed by atoms with Gasteiger partial charge in [-0.05, 0) is 49.1 Å². The van der Waals surface area contributed by atoms with Crippen LogP contribution in [0.3, 0.4) is 0 Å². The molecule has 0 aliphatic carbocycles. The molecule has 8 nitrogen and oxygen atoms in total. The monoisotopic (exact) mass is 422 g/mol. The van der Waals surface area contributed by atoms with Crippen molar-refractivity contribution in [3.63, 3.8) is 0 Å². The molecule has 152 valence electrons. The quantitative estimate of drug-likeness (QED) is 0.349. The van der Waals surface area contributed by atoms with Crippen LogP contribution in [-0.2, 0) is 0 Å².